The van der Waals surface area contributed by atoms with E-state index in [4.69, 9.17) is 9.47 Å². The van der Waals surface area contributed by atoms with E-state index in [0.29, 0.717) is 18.5 Å². The Kier molecular flexibility index (Phi) is 5.23. The Morgan fingerprint density at radius 3 is 2.52 bits per heavy atom. The van der Waals surface area contributed by atoms with Crippen LogP contribution in [-0.2, 0) is 15.7 Å². The summed E-state index contributed by atoms with van der Waals surface area (Å²) in [7, 11) is 0. The van der Waals surface area contributed by atoms with E-state index in [0.717, 1.165) is 0 Å². The summed E-state index contributed by atoms with van der Waals surface area (Å²) in [6.45, 7) is 6.35. The first-order chi connectivity index (χ1) is 12.7. The molecule has 1 saturated heterocycles. The van der Waals surface area contributed by atoms with Crippen LogP contribution in [-0.4, -0.2) is 47.8 Å². The summed E-state index contributed by atoms with van der Waals surface area (Å²) in [5.74, 6) is -1.62. The van der Waals surface area contributed by atoms with Crippen LogP contribution >= 0.6 is 0 Å². The van der Waals surface area contributed by atoms with Crippen molar-refractivity contribution in [3.8, 4) is 0 Å². The van der Waals surface area contributed by atoms with Crippen molar-refractivity contribution in [2.75, 3.05) is 24.6 Å². The van der Waals surface area contributed by atoms with Crippen molar-refractivity contribution in [1.82, 2.24) is 9.97 Å². The maximum atomic E-state index is 13.3. The quantitative estimate of drug-likeness (QED) is 0.757. The molecule has 2 heterocycles. The highest BCUT2D eigenvalue weighted by atomic mass is 19.4. The molecule has 0 amide bonds. The van der Waals surface area contributed by atoms with Gasteiger partial charge in [0.2, 0.25) is 5.82 Å². The van der Waals surface area contributed by atoms with Crippen LogP contribution in [0.5, 0.6) is 0 Å². The Balaban J connectivity index is 2.16. The number of benzene rings is 1. The van der Waals surface area contributed by atoms with Gasteiger partial charge in [0.15, 0.2) is 0 Å². The smallest absolute Gasteiger partial charge is 0.451 e. The molecule has 2 atom stereocenters. The molecule has 0 bridgehead atoms. The minimum Gasteiger partial charge on any atom is -0.462 e. The van der Waals surface area contributed by atoms with Crippen LogP contribution in [0, 0.1) is 0 Å². The molecule has 1 aliphatic heterocycles. The first-order valence-electron chi connectivity index (χ1n) is 8.65. The van der Waals surface area contributed by atoms with Crippen molar-refractivity contribution in [3.05, 3.63) is 29.6 Å². The Labute approximate surface area is 154 Å². The second kappa shape index (κ2) is 7.30. The fourth-order valence-electron chi connectivity index (χ4n) is 3.17. The summed E-state index contributed by atoms with van der Waals surface area (Å²) in [6.07, 6.45) is -5.01. The molecule has 146 valence electrons. The molecule has 6 nitrogen and oxygen atoms in total. The summed E-state index contributed by atoms with van der Waals surface area (Å²) in [5, 5.41) is 0.370. The summed E-state index contributed by atoms with van der Waals surface area (Å²) in [4.78, 5) is 21.2. The summed E-state index contributed by atoms with van der Waals surface area (Å²) < 4.78 is 50.5. The number of halogens is 3. The molecule has 1 fully saturated rings. The molecule has 0 aliphatic carbocycles. The number of esters is 1. The molecule has 1 aromatic heterocycles. The minimum absolute atomic E-state index is 0.118. The van der Waals surface area contributed by atoms with E-state index in [1.54, 1.807) is 11.8 Å². The number of morpholine rings is 1. The number of carbonyl (C=O) groups is 1. The van der Waals surface area contributed by atoms with Gasteiger partial charge in [-0.25, -0.2) is 14.8 Å². The average Bonchev–Trinajstić information content (AvgIpc) is 2.58. The second-order valence-corrected chi connectivity index (χ2v) is 6.48. The lowest BCUT2D eigenvalue weighted by atomic mass is 10.1. The number of fused-ring (bicyclic) bond motifs is 1. The van der Waals surface area contributed by atoms with E-state index in [1.165, 1.54) is 18.2 Å². The molecule has 0 spiro atoms. The van der Waals surface area contributed by atoms with Gasteiger partial charge in [-0.2, -0.15) is 13.2 Å². The maximum absolute atomic E-state index is 13.3. The van der Waals surface area contributed by atoms with Gasteiger partial charge < -0.3 is 14.4 Å². The van der Waals surface area contributed by atoms with Gasteiger partial charge in [-0.05, 0) is 39.0 Å². The van der Waals surface area contributed by atoms with Gasteiger partial charge in [0.1, 0.15) is 5.82 Å². The van der Waals surface area contributed by atoms with Crippen LogP contribution < -0.4 is 4.90 Å². The highest BCUT2D eigenvalue weighted by Crippen LogP contribution is 2.33. The third kappa shape index (κ3) is 4.13. The second-order valence-electron chi connectivity index (χ2n) is 6.48. The molecule has 9 heteroatoms. The topological polar surface area (TPSA) is 64.5 Å². The highest BCUT2D eigenvalue weighted by molar-refractivity contribution is 5.98. The number of hydrogen-bond donors (Lipinski definition) is 0. The standard InChI is InChI=1S/C18H20F3N3O3/c1-4-26-16(25)12-5-6-14-13(7-12)15(23-17(22-14)18(19,20)21)24-8-10(2)27-11(3)9-24/h5-7,10-11H,4,8-9H2,1-3H3. The predicted octanol–water partition coefficient (Wildman–Crippen LogP) is 3.44. The largest absolute Gasteiger partial charge is 0.462 e. The number of anilines is 1. The van der Waals surface area contributed by atoms with Crippen LogP contribution in [0.15, 0.2) is 18.2 Å². The van der Waals surface area contributed by atoms with Crippen molar-refractivity contribution in [1.29, 1.82) is 0 Å². The number of hydrogen-bond acceptors (Lipinski definition) is 6. The normalized spacial score (nSPS) is 20.7. The Bertz CT molecular complexity index is 847. The Morgan fingerprint density at radius 2 is 1.93 bits per heavy atom. The number of rotatable bonds is 3. The van der Waals surface area contributed by atoms with Gasteiger partial charge in [-0.15, -0.1) is 0 Å². The molecule has 1 aliphatic rings. The van der Waals surface area contributed by atoms with Crippen LogP contribution in [0.4, 0.5) is 19.0 Å². The number of nitrogens with zero attached hydrogens (tertiary/aromatic N) is 3. The van der Waals surface area contributed by atoms with Crippen LogP contribution in [0.3, 0.4) is 0 Å². The van der Waals surface area contributed by atoms with Crippen LogP contribution in [0.2, 0.25) is 0 Å². The molecular formula is C18H20F3N3O3. The molecule has 0 radical (unpaired) electrons. The number of aromatic nitrogens is 2. The lowest BCUT2D eigenvalue weighted by Gasteiger charge is -2.36. The fourth-order valence-corrected chi connectivity index (χ4v) is 3.17. The highest BCUT2D eigenvalue weighted by Gasteiger charge is 2.37. The van der Waals surface area contributed by atoms with Gasteiger partial charge in [-0.1, -0.05) is 0 Å². The first-order valence-corrected chi connectivity index (χ1v) is 8.65. The number of alkyl halides is 3. The number of carbonyl (C=O) groups excluding carboxylic acids is 1. The molecule has 27 heavy (non-hydrogen) atoms. The first kappa shape index (κ1) is 19.3. The Morgan fingerprint density at radius 1 is 1.26 bits per heavy atom. The average molecular weight is 383 g/mol. The van der Waals surface area contributed by atoms with E-state index < -0.39 is 18.0 Å². The van der Waals surface area contributed by atoms with Crippen molar-refractivity contribution in [2.24, 2.45) is 0 Å². The van der Waals surface area contributed by atoms with Gasteiger partial charge in [0.05, 0.1) is 29.9 Å². The van der Waals surface area contributed by atoms with Crippen molar-refractivity contribution < 1.29 is 27.4 Å². The van der Waals surface area contributed by atoms with Crippen LogP contribution in [0.1, 0.15) is 37.0 Å². The SMILES string of the molecule is CCOC(=O)c1ccc2nc(C(F)(F)F)nc(N3CC(C)OC(C)C3)c2c1. The predicted molar refractivity (Wildman–Crippen MR) is 92.7 cm³/mol. The molecule has 2 aromatic rings. The van der Waals surface area contributed by atoms with E-state index in [-0.39, 0.29) is 35.7 Å². The third-order valence-corrected chi connectivity index (χ3v) is 4.16. The van der Waals surface area contributed by atoms with Crippen LogP contribution in [0.25, 0.3) is 10.9 Å². The molecule has 3 rings (SSSR count). The van der Waals surface area contributed by atoms with Crippen molar-refractivity contribution in [2.45, 2.75) is 39.2 Å². The monoisotopic (exact) mass is 383 g/mol. The van der Waals surface area contributed by atoms with Crippen molar-refractivity contribution in [3.63, 3.8) is 0 Å². The molecule has 0 saturated carbocycles. The van der Waals surface area contributed by atoms with E-state index in [1.807, 2.05) is 13.8 Å². The maximum Gasteiger partial charge on any atom is 0.451 e. The third-order valence-electron chi connectivity index (χ3n) is 4.16. The lowest BCUT2D eigenvalue weighted by molar-refractivity contribution is -0.144. The molecule has 2 unspecified atom stereocenters. The van der Waals surface area contributed by atoms with E-state index >= 15 is 0 Å². The van der Waals surface area contributed by atoms with Crippen molar-refractivity contribution >= 4 is 22.7 Å². The minimum atomic E-state index is -4.67. The van der Waals surface area contributed by atoms with Gasteiger partial charge in [0.25, 0.3) is 0 Å². The summed E-state index contributed by atoms with van der Waals surface area (Å²) >= 11 is 0. The zero-order chi connectivity index (χ0) is 19.8. The van der Waals surface area contributed by atoms with Gasteiger partial charge in [0, 0.05) is 18.5 Å². The summed E-state index contributed by atoms with van der Waals surface area (Å²) in [5.41, 5.74) is 0.357. The summed E-state index contributed by atoms with van der Waals surface area (Å²) in [6, 6.07) is 4.27. The zero-order valence-corrected chi connectivity index (χ0v) is 15.2. The fraction of sp³-hybridized carbons (Fsp3) is 0.500. The van der Waals surface area contributed by atoms with Gasteiger partial charge >= 0.3 is 12.1 Å². The zero-order valence-electron chi connectivity index (χ0n) is 15.2. The van der Waals surface area contributed by atoms with E-state index in [9.17, 15) is 18.0 Å². The van der Waals surface area contributed by atoms with E-state index in [2.05, 4.69) is 9.97 Å². The molecular weight excluding hydrogens is 363 g/mol. The Hall–Kier alpha value is -2.42. The molecule has 0 N–H and O–H groups in total. The number of ether oxygens (including phenoxy) is 2. The molecule has 1 aromatic carbocycles. The lowest BCUT2D eigenvalue weighted by Crippen LogP contribution is -2.46. The van der Waals surface area contributed by atoms with Gasteiger partial charge in [-0.3, -0.25) is 0 Å².